The molecule has 3 nitrogen and oxygen atoms in total. The molecule has 17 heavy (non-hydrogen) atoms. The third kappa shape index (κ3) is 3.52. The van der Waals surface area contributed by atoms with Crippen molar-refractivity contribution in [3.05, 3.63) is 35.4 Å². The number of hydrogen-bond acceptors (Lipinski definition) is 2. The number of hydrogen-bond donors (Lipinski definition) is 1. The van der Waals surface area contributed by atoms with E-state index in [0.717, 1.165) is 18.2 Å². The highest BCUT2D eigenvalue weighted by Gasteiger charge is 2.16. The Morgan fingerprint density at radius 3 is 2.82 bits per heavy atom. The molecule has 1 rings (SSSR count). The zero-order valence-electron chi connectivity index (χ0n) is 9.34. The maximum Gasteiger partial charge on any atom is 0.254 e. The van der Waals surface area contributed by atoms with Crippen molar-refractivity contribution in [1.82, 2.24) is 5.32 Å². The molecule has 1 N–H and O–H groups in total. The summed E-state index contributed by atoms with van der Waals surface area (Å²) in [6.45, 7) is 1.80. The highest BCUT2D eigenvalue weighted by atomic mass is 19.1. The van der Waals surface area contributed by atoms with Gasteiger partial charge >= 0.3 is 0 Å². The molecule has 5 heteroatoms. The topological polar surface area (TPSA) is 52.9 Å². The second kappa shape index (κ2) is 5.94. The number of halogens is 2. The van der Waals surface area contributed by atoms with Gasteiger partial charge in [0.1, 0.15) is 11.6 Å². The Kier molecular flexibility index (Phi) is 4.58. The Labute approximate surface area is 98.1 Å². The third-order valence-electron chi connectivity index (χ3n) is 2.34. The van der Waals surface area contributed by atoms with Crippen LogP contribution in [0.15, 0.2) is 18.2 Å². The molecule has 1 aromatic rings. The van der Waals surface area contributed by atoms with E-state index in [-0.39, 0.29) is 18.0 Å². The summed E-state index contributed by atoms with van der Waals surface area (Å²) in [6, 6.07) is 4.25. The highest BCUT2D eigenvalue weighted by Crippen LogP contribution is 2.10. The smallest absolute Gasteiger partial charge is 0.254 e. The molecule has 0 aliphatic heterocycles. The second-order valence-electron chi connectivity index (χ2n) is 3.57. The first-order valence-corrected chi connectivity index (χ1v) is 5.21. The summed E-state index contributed by atoms with van der Waals surface area (Å²) in [5.41, 5.74) is -0.346. The zero-order chi connectivity index (χ0) is 12.8. The molecular weight excluding hydrogens is 226 g/mol. The van der Waals surface area contributed by atoms with Crippen molar-refractivity contribution in [3.8, 4) is 6.07 Å². The second-order valence-corrected chi connectivity index (χ2v) is 3.57. The van der Waals surface area contributed by atoms with E-state index < -0.39 is 17.5 Å². The third-order valence-corrected chi connectivity index (χ3v) is 2.34. The van der Waals surface area contributed by atoms with E-state index in [1.54, 1.807) is 6.92 Å². The zero-order valence-corrected chi connectivity index (χ0v) is 9.34. The van der Waals surface area contributed by atoms with E-state index >= 15 is 0 Å². The predicted octanol–water partition coefficient (Wildman–Crippen LogP) is 2.39. The summed E-state index contributed by atoms with van der Waals surface area (Å²) >= 11 is 0. The van der Waals surface area contributed by atoms with Gasteiger partial charge in [0.25, 0.3) is 5.91 Å². The lowest BCUT2D eigenvalue weighted by atomic mass is 10.1. The Hall–Kier alpha value is -1.96. The van der Waals surface area contributed by atoms with Crippen molar-refractivity contribution in [2.45, 2.75) is 25.8 Å². The van der Waals surface area contributed by atoms with Crippen LogP contribution < -0.4 is 5.32 Å². The molecule has 1 amide bonds. The van der Waals surface area contributed by atoms with Crippen molar-refractivity contribution in [2.75, 3.05) is 0 Å². The average molecular weight is 238 g/mol. The fourth-order valence-electron chi connectivity index (χ4n) is 1.34. The number of rotatable bonds is 4. The molecular formula is C12H12F2N2O. The number of carbonyl (C=O) groups is 1. The summed E-state index contributed by atoms with van der Waals surface area (Å²) < 4.78 is 26.1. The fraction of sp³-hybridized carbons (Fsp3) is 0.333. The van der Waals surface area contributed by atoms with E-state index in [0.29, 0.717) is 6.42 Å². The van der Waals surface area contributed by atoms with Gasteiger partial charge in [0, 0.05) is 6.04 Å². The normalized spacial score (nSPS) is 11.6. The van der Waals surface area contributed by atoms with Crippen LogP contribution in [-0.2, 0) is 0 Å². The first-order chi connectivity index (χ1) is 8.08. The Morgan fingerprint density at radius 2 is 2.24 bits per heavy atom. The molecule has 0 aliphatic rings. The van der Waals surface area contributed by atoms with Gasteiger partial charge in [-0.25, -0.2) is 8.78 Å². The minimum Gasteiger partial charge on any atom is -0.348 e. The maximum atomic E-state index is 13.3. The minimum atomic E-state index is -0.782. The van der Waals surface area contributed by atoms with Crippen LogP contribution in [0, 0.1) is 23.0 Å². The van der Waals surface area contributed by atoms with Crippen LogP contribution in [0.2, 0.25) is 0 Å². The molecule has 0 saturated carbocycles. The maximum absolute atomic E-state index is 13.3. The molecule has 0 fully saturated rings. The van der Waals surface area contributed by atoms with Gasteiger partial charge in [-0.1, -0.05) is 6.92 Å². The molecule has 0 aromatic heterocycles. The lowest BCUT2D eigenvalue weighted by molar-refractivity contribution is 0.0932. The Balaban J connectivity index is 2.82. The standard InChI is InChI=1S/C12H12F2N2O/c1-2-9(5-6-15)16-12(17)10-7-8(13)3-4-11(10)14/h3-4,7,9H,2,5H2,1H3,(H,16,17). The lowest BCUT2D eigenvalue weighted by Gasteiger charge is -2.13. The van der Waals surface area contributed by atoms with Gasteiger partial charge in [-0.3, -0.25) is 4.79 Å². The van der Waals surface area contributed by atoms with Gasteiger partial charge < -0.3 is 5.32 Å². The molecule has 0 heterocycles. The molecule has 0 saturated heterocycles. The molecule has 0 bridgehead atoms. The van der Waals surface area contributed by atoms with Gasteiger partial charge in [-0.15, -0.1) is 0 Å². The predicted molar refractivity (Wildman–Crippen MR) is 58.1 cm³/mol. The summed E-state index contributed by atoms with van der Waals surface area (Å²) in [5, 5.41) is 11.0. The number of carbonyl (C=O) groups excluding carboxylic acids is 1. The molecule has 1 atom stereocenters. The summed E-state index contributed by atoms with van der Waals surface area (Å²) in [7, 11) is 0. The number of nitrogens with one attached hydrogen (secondary N) is 1. The molecule has 1 aromatic carbocycles. The van der Waals surface area contributed by atoms with E-state index in [2.05, 4.69) is 5.32 Å². The number of nitrogens with zero attached hydrogens (tertiary/aromatic N) is 1. The Bertz CT molecular complexity index is 454. The first-order valence-electron chi connectivity index (χ1n) is 5.21. The van der Waals surface area contributed by atoms with Crippen LogP contribution in [-0.4, -0.2) is 11.9 Å². The van der Waals surface area contributed by atoms with Crippen LogP contribution in [0.3, 0.4) is 0 Å². The molecule has 0 aliphatic carbocycles. The highest BCUT2D eigenvalue weighted by molar-refractivity contribution is 5.94. The summed E-state index contributed by atoms with van der Waals surface area (Å²) in [5.74, 6) is -2.16. The van der Waals surface area contributed by atoms with Crippen LogP contribution in [0.5, 0.6) is 0 Å². The van der Waals surface area contributed by atoms with Crippen molar-refractivity contribution >= 4 is 5.91 Å². The molecule has 0 spiro atoms. The first kappa shape index (κ1) is 13.1. The molecule has 90 valence electrons. The van der Waals surface area contributed by atoms with Gasteiger partial charge in [0.15, 0.2) is 0 Å². The van der Waals surface area contributed by atoms with E-state index in [9.17, 15) is 13.6 Å². The van der Waals surface area contributed by atoms with Crippen LogP contribution in [0.4, 0.5) is 8.78 Å². The van der Waals surface area contributed by atoms with E-state index in [1.165, 1.54) is 0 Å². The fourth-order valence-corrected chi connectivity index (χ4v) is 1.34. The van der Waals surface area contributed by atoms with Crippen molar-refractivity contribution < 1.29 is 13.6 Å². The van der Waals surface area contributed by atoms with Gasteiger partial charge in [0.2, 0.25) is 0 Å². The summed E-state index contributed by atoms with van der Waals surface area (Å²) in [6.07, 6.45) is 0.690. The summed E-state index contributed by atoms with van der Waals surface area (Å²) in [4.78, 5) is 11.6. The van der Waals surface area contributed by atoms with Gasteiger partial charge in [-0.2, -0.15) is 5.26 Å². The number of amides is 1. The Morgan fingerprint density at radius 1 is 1.53 bits per heavy atom. The van der Waals surface area contributed by atoms with Crippen molar-refractivity contribution in [1.29, 1.82) is 5.26 Å². The minimum absolute atomic E-state index is 0.138. The van der Waals surface area contributed by atoms with E-state index in [4.69, 9.17) is 5.26 Å². The SMILES string of the molecule is CCC(CC#N)NC(=O)c1cc(F)ccc1F. The average Bonchev–Trinajstić information content (AvgIpc) is 2.31. The number of nitriles is 1. The van der Waals surface area contributed by atoms with Crippen LogP contribution >= 0.6 is 0 Å². The largest absolute Gasteiger partial charge is 0.348 e. The van der Waals surface area contributed by atoms with Crippen LogP contribution in [0.25, 0.3) is 0 Å². The molecule has 0 radical (unpaired) electrons. The van der Waals surface area contributed by atoms with Gasteiger partial charge in [-0.05, 0) is 24.6 Å². The quantitative estimate of drug-likeness (QED) is 0.875. The monoisotopic (exact) mass is 238 g/mol. The van der Waals surface area contributed by atoms with Crippen LogP contribution in [0.1, 0.15) is 30.1 Å². The lowest BCUT2D eigenvalue weighted by Crippen LogP contribution is -2.34. The van der Waals surface area contributed by atoms with E-state index in [1.807, 2.05) is 6.07 Å². The van der Waals surface area contributed by atoms with Crippen molar-refractivity contribution in [3.63, 3.8) is 0 Å². The molecule has 1 unspecified atom stereocenters. The van der Waals surface area contributed by atoms with Gasteiger partial charge in [0.05, 0.1) is 18.1 Å². The number of benzene rings is 1. The van der Waals surface area contributed by atoms with Crippen molar-refractivity contribution in [2.24, 2.45) is 0 Å².